The molecule has 5 nitrogen and oxygen atoms in total. The molecule has 1 aliphatic heterocycles. The molecular formula is C22H17N3O2. The molecule has 0 saturated heterocycles. The third kappa shape index (κ3) is 3.04. The number of rotatable bonds is 3. The van der Waals surface area contributed by atoms with Crippen LogP contribution >= 0.6 is 0 Å². The Labute approximate surface area is 157 Å². The number of anilines is 1. The zero-order chi connectivity index (χ0) is 19.0. The van der Waals surface area contributed by atoms with E-state index >= 15 is 0 Å². The van der Waals surface area contributed by atoms with E-state index in [1.807, 2.05) is 50.2 Å². The van der Waals surface area contributed by atoms with Crippen LogP contribution in [0.5, 0.6) is 0 Å². The van der Waals surface area contributed by atoms with Crippen molar-refractivity contribution < 1.29 is 9.59 Å². The molecule has 0 atom stereocenters. The van der Waals surface area contributed by atoms with Crippen molar-refractivity contribution in [3.63, 3.8) is 0 Å². The molecule has 0 aliphatic carbocycles. The van der Waals surface area contributed by atoms with Crippen LogP contribution in [0.1, 0.15) is 31.8 Å². The Morgan fingerprint density at radius 2 is 1.30 bits per heavy atom. The maximum absolute atomic E-state index is 12.8. The van der Waals surface area contributed by atoms with Crippen LogP contribution in [0, 0.1) is 13.8 Å². The Bertz CT molecular complexity index is 1050. The maximum atomic E-state index is 12.8. The molecule has 4 rings (SSSR count). The normalized spacial score (nSPS) is 13.5. The molecule has 1 heterocycles. The summed E-state index contributed by atoms with van der Waals surface area (Å²) in [4.78, 5) is 26.8. The first-order chi connectivity index (χ1) is 13.0. The molecule has 0 N–H and O–H groups in total. The van der Waals surface area contributed by atoms with Gasteiger partial charge in [0.05, 0.1) is 22.5 Å². The topological polar surface area (TPSA) is 62.1 Å². The van der Waals surface area contributed by atoms with E-state index in [9.17, 15) is 9.59 Å². The predicted octanol–water partition coefficient (Wildman–Crippen LogP) is 5.52. The fourth-order valence-electron chi connectivity index (χ4n) is 3.03. The third-order valence-electron chi connectivity index (χ3n) is 4.47. The van der Waals surface area contributed by atoms with E-state index in [0.29, 0.717) is 28.2 Å². The first-order valence-electron chi connectivity index (χ1n) is 8.61. The van der Waals surface area contributed by atoms with Gasteiger partial charge in [-0.1, -0.05) is 35.9 Å². The van der Waals surface area contributed by atoms with Gasteiger partial charge in [0.1, 0.15) is 5.69 Å². The van der Waals surface area contributed by atoms with Crippen LogP contribution in [0.3, 0.4) is 0 Å². The number of benzene rings is 3. The Morgan fingerprint density at radius 1 is 0.704 bits per heavy atom. The fourth-order valence-corrected chi connectivity index (χ4v) is 3.03. The lowest BCUT2D eigenvalue weighted by Crippen LogP contribution is -2.29. The highest BCUT2D eigenvalue weighted by Gasteiger charge is 2.37. The van der Waals surface area contributed by atoms with Crippen molar-refractivity contribution >= 4 is 28.9 Å². The number of carbonyl (C=O) groups excluding carboxylic acids is 2. The summed E-state index contributed by atoms with van der Waals surface area (Å²) >= 11 is 0. The van der Waals surface area contributed by atoms with Gasteiger partial charge in [-0.3, -0.25) is 9.59 Å². The number of aryl methyl sites for hydroxylation is 2. The Morgan fingerprint density at radius 3 is 1.93 bits per heavy atom. The number of fused-ring (bicyclic) bond motifs is 1. The second kappa shape index (κ2) is 6.61. The van der Waals surface area contributed by atoms with E-state index in [4.69, 9.17) is 0 Å². The average Bonchev–Trinajstić information content (AvgIpc) is 2.93. The number of hydrogen-bond donors (Lipinski definition) is 0. The van der Waals surface area contributed by atoms with Crippen molar-refractivity contribution in [2.45, 2.75) is 13.8 Å². The van der Waals surface area contributed by atoms with E-state index < -0.39 is 0 Å². The summed E-state index contributed by atoms with van der Waals surface area (Å²) in [6.45, 7) is 3.93. The highest BCUT2D eigenvalue weighted by Crippen LogP contribution is 2.36. The van der Waals surface area contributed by atoms with Crippen LogP contribution in [0.2, 0.25) is 0 Å². The number of imide groups is 1. The van der Waals surface area contributed by atoms with Crippen LogP contribution in [-0.4, -0.2) is 11.8 Å². The lowest BCUT2D eigenvalue weighted by atomic mass is 10.1. The molecule has 0 fully saturated rings. The molecule has 0 unspecified atom stereocenters. The lowest BCUT2D eigenvalue weighted by molar-refractivity contribution is 0.0926. The molecule has 0 radical (unpaired) electrons. The van der Waals surface area contributed by atoms with Gasteiger partial charge in [-0.25, -0.2) is 4.90 Å². The largest absolute Gasteiger partial charge is 0.268 e. The molecule has 0 bridgehead atoms. The summed E-state index contributed by atoms with van der Waals surface area (Å²) in [6, 6.07) is 19.9. The molecule has 0 spiro atoms. The summed E-state index contributed by atoms with van der Waals surface area (Å²) < 4.78 is 0. The lowest BCUT2D eigenvalue weighted by Gasteiger charge is -2.16. The van der Waals surface area contributed by atoms with Gasteiger partial charge in [-0.2, -0.15) is 5.11 Å². The zero-order valence-electron chi connectivity index (χ0n) is 15.0. The monoisotopic (exact) mass is 355 g/mol. The van der Waals surface area contributed by atoms with E-state index in [-0.39, 0.29) is 11.8 Å². The van der Waals surface area contributed by atoms with Crippen molar-refractivity contribution in [1.82, 2.24) is 0 Å². The standard InChI is InChI=1S/C22H17N3O2/c1-14-7-10-16(11-8-14)23-24-19-13-15(2)9-12-20(19)25-21(26)17-5-3-4-6-18(17)22(25)27/h3-13H,1-2H3. The molecule has 2 amide bonds. The molecule has 1 aliphatic rings. The SMILES string of the molecule is Cc1ccc(N=Nc2cc(C)ccc2N2C(=O)c3ccccc3C2=O)cc1. The van der Waals surface area contributed by atoms with Gasteiger partial charge in [0.2, 0.25) is 0 Å². The first-order valence-corrected chi connectivity index (χ1v) is 8.61. The molecule has 3 aromatic carbocycles. The van der Waals surface area contributed by atoms with E-state index in [1.54, 1.807) is 30.3 Å². The Hall–Kier alpha value is -3.60. The van der Waals surface area contributed by atoms with Gasteiger partial charge in [0, 0.05) is 0 Å². The number of azo groups is 1. The van der Waals surface area contributed by atoms with Gasteiger partial charge >= 0.3 is 0 Å². The molecule has 0 aromatic heterocycles. The van der Waals surface area contributed by atoms with Gasteiger partial charge in [0.15, 0.2) is 0 Å². The second-order valence-corrected chi connectivity index (χ2v) is 6.52. The summed E-state index contributed by atoms with van der Waals surface area (Å²) in [5.41, 5.74) is 4.53. The molecule has 0 saturated carbocycles. The Balaban J connectivity index is 1.75. The van der Waals surface area contributed by atoms with Crippen molar-refractivity contribution in [1.29, 1.82) is 0 Å². The number of amides is 2. The van der Waals surface area contributed by atoms with Crippen molar-refractivity contribution in [3.05, 3.63) is 89.0 Å². The quantitative estimate of drug-likeness (QED) is 0.459. The molecule has 27 heavy (non-hydrogen) atoms. The summed E-state index contributed by atoms with van der Waals surface area (Å²) in [5, 5.41) is 8.59. The highest BCUT2D eigenvalue weighted by atomic mass is 16.2. The van der Waals surface area contributed by atoms with Gasteiger partial charge in [-0.15, -0.1) is 5.11 Å². The van der Waals surface area contributed by atoms with Crippen LogP contribution in [-0.2, 0) is 0 Å². The number of hydrogen-bond acceptors (Lipinski definition) is 4. The van der Waals surface area contributed by atoms with Crippen LogP contribution in [0.25, 0.3) is 0 Å². The predicted molar refractivity (Wildman–Crippen MR) is 104 cm³/mol. The summed E-state index contributed by atoms with van der Waals surface area (Å²) in [5.74, 6) is -0.683. The Kier molecular flexibility index (Phi) is 4.12. The molecular weight excluding hydrogens is 338 g/mol. The smallest absolute Gasteiger partial charge is 0.266 e. The van der Waals surface area contributed by atoms with Gasteiger partial charge in [-0.05, 0) is 55.8 Å². The highest BCUT2D eigenvalue weighted by molar-refractivity contribution is 6.35. The van der Waals surface area contributed by atoms with Crippen molar-refractivity contribution in [2.24, 2.45) is 10.2 Å². The summed E-state index contributed by atoms with van der Waals surface area (Å²) in [7, 11) is 0. The molecule has 5 heteroatoms. The van der Waals surface area contributed by atoms with Crippen molar-refractivity contribution in [3.8, 4) is 0 Å². The van der Waals surface area contributed by atoms with Gasteiger partial charge < -0.3 is 0 Å². The number of nitrogens with zero attached hydrogens (tertiary/aromatic N) is 3. The minimum Gasteiger partial charge on any atom is -0.268 e. The second-order valence-electron chi connectivity index (χ2n) is 6.52. The van der Waals surface area contributed by atoms with Crippen LogP contribution in [0.15, 0.2) is 77.0 Å². The van der Waals surface area contributed by atoms with Crippen LogP contribution < -0.4 is 4.90 Å². The van der Waals surface area contributed by atoms with Crippen molar-refractivity contribution in [2.75, 3.05) is 4.90 Å². The molecule has 132 valence electrons. The third-order valence-corrected chi connectivity index (χ3v) is 4.47. The summed E-state index contributed by atoms with van der Waals surface area (Å²) in [6.07, 6.45) is 0. The average molecular weight is 355 g/mol. The number of carbonyl (C=O) groups is 2. The minimum atomic E-state index is -0.341. The van der Waals surface area contributed by atoms with Crippen LogP contribution in [0.4, 0.5) is 17.1 Å². The van der Waals surface area contributed by atoms with E-state index in [2.05, 4.69) is 10.2 Å². The first kappa shape index (κ1) is 16.8. The zero-order valence-corrected chi connectivity index (χ0v) is 15.0. The van der Waals surface area contributed by atoms with E-state index in [0.717, 1.165) is 11.1 Å². The maximum Gasteiger partial charge on any atom is 0.266 e. The van der Waals surface area contributed by atoms with E-state index in [1.165, 1.54) is 4.90 Å². The molecule has 3 aromatic rings. The fraction of sp³-hybridized carbons (Fsp3) is 0.0909. The minimum absolute atomic E-state index is 0.341. The van der Waals surface area contributed by atoms with Gasteiger partial charge in [0.25, 0.3) is 11.8 Å².